The van der Waals surface area contributed by atoms with E-state index in [0.29, 0.717) is 0 Å². The molecular weight excluding hydrogens is 210 g/mol. The van der Waals surface area contributed by atoms with Gasteiger partial charge in [0.2, 0.25) is 0 Å². The Morgan fingerprint density at radius 2 is 2.15 bits per heavy atom. The Morgan fingerprint density at radius 1 is 1.31 bits per heavy atom. The molecule has 0 bridgehead atoms. The minimum atomic E-state index is 0.968. The molecule has 0 aromatic heterocycles. The topological polar surface area (TPSA) is 0 Å². The number of fused-ring (bicyclic) bond motifs is 1. The average Bonchev–Trinajstić information content (AvgIpc) is 2.58. The first-order valence-corrected chi connectivity index (χ1v) is 6.11. The zero-order valence-electron chi connectivity index (χ0n) is 7.46. The molecule has 1 aliphatic carbocycles. The summed E-state index contributed by atoms with van der Waals surface area (Å²) in [5, 5.41) is 0. The van der Waals surface area contributed by atoms with Crippen molar-refractivity contribution in [2.45, 2.75) is 6.42 Å². The molecule has 0 N–H and O–H groups in total. The van der Waals surface area contributed by atoms with Gasteiger partial charge in [-0.25, -0.2) is 0 Å². The molecule has 13 heavy (non-hydrogen) atoms. The molecule has 2 rings (SSSR count). The SMILES string of the molecule is [Zn]=[CH]/C=C\C1=[C-]Cc2ccccc21. The molecule has 1 aromatic rings. The maximum absolute atomic E-state index is 3.38. The Morgan fingerprint density at radius 3 is 3.00 bits per heavy atom. The van der Waals surface area contributed by atoms with Gasteiger partial charge in [-0.1, -0.05) is 0 Å². The molecule has 0 nitrogen and oxygen atoms in total. The molecule has 0 fully saturated rings. The Bertz CT molecular complexity index is 386. The van der Waals surface area contributed by atoms with Gasteiger partial charge in [0.15, 0.2) is 0 Å². The number of rotatable bonds is 2. The van der Waals surface area contributed by atoms with Gasteiger partial charge in [0, 0.05) is 0 Å². The van der Waals surface area contributed by atoms with Gasteiger partial charge in [-0.15, -0.1) is 0 Å². The summed E-state index contributed by atoms with van der Waals surface area (Å²) in [6.07, 6.45) is 8.61. The Balaban J connectivity index is 2.35. The summed E-state index contributed by atoms with van der Waals surface area (Å²) < 4.78 is 2.16. The van der Waals surface area contributed by atoms with Gasteiger partial charge in [0.25, 0.3) is 0 Å². The first kappa shape index (κ1) is 8.78. The van der Waals surface area contributed by atoms with Crippen LogP contribution in [0, 0.1) is 6.08 Å². The Labute approximate surface area is 88.2 Å². The molecule has 0 aliphatic heterocycles. The van der Waals surface area contributed by atoms with Crippen LogP contribution in [0.25, 0.3) is 5.57 Å². The second kappa shape index (κ2) is 3.93. The van der Waals surface area contributed by atoms with Crippen molar-refractivity contribution in [3.05, 3.63) is 53.6 Å². The summed E-state index contributed by atoms with van der Waals surface area (Å²) in [5.41, 5.74) is 4.00. The van der Waals surface area contributed by atoms with E-state index in [1.54, 1.807) is 0 Å². The number of hydrogen-bond acceptors (Lipinski definition) is 0. The van der Waals surface area contributed by atoms with Crippen molar-refractivity contribution in [2.75, 3.05) is 0 Å². The average molecular weight is 219 g/mol. The van der Waals surface area contributed by atoms with Crippen LogP contribution < -0.4 is 0 Å². The second-order valence-corrected chi connectivity index (χ2v) is 4.01. The first-order chi connectivity index (χ1) is 6.42. The first-order valence-electron chi connectivity index (χ1n) is 4.40. The van der Waals surface area contributed by atoms with E-state index >= 15 is 0 Å². The van der Waals surface area contributed by atoms with Crippen molar-refractivity contribution in [3.8, 4) is 0 Å². The van der Waals surface area contributed by atoms with Crippen LogP contribution in [0.5, 0.6) is 0 Å². The molecule has 0 saturated carbocycles. The van der Waals surface area contributed by atoms with Gasteiger partial charge in [-0.2, -0.15) is 0 Å². The normalized spacial score (nSPS) is 14.5. The summed E-state index contributed by atoms with van der Waals surface area (Å²) >= 11 is 1.21. The second-order valence-electron chi connectivity index (χ2n) is 3.02. The van der Waals surface area contributed by atoms with E-state index in [-0.39, 0.29) is 0 Å². The molecule has 0 heterocycles. The molecule has 0 spiro atoms. The zero-order chi connectivity index (χ0) is 9.10. The van der Waals surface area contributed by atoms with Crippen molar-refractivity contribution < 1.29 is 17.9 Å². The molecular formula is C12H9Zn-. The van der Waals surface area contributed by atoms with Gasteiger partial charge in [0.05, 0.1) is 0 Å². The number of hydrogen-bond donors (Lipinski definition) is 0. The predicted octanol–water partition coefficient (Wildman–Crippen LogP) is 2.33. The molecule has 1 aliphatic rings. The molecule has 0 unspecified atom stereocenters. The van der Waals surface area contributed by atoms with Crippen LogP contribution in [0.4, 0.5) is 0 Å². The van der Waals surface area contributed by atoms with E-state index in [1.165, 1.54) is 34.6 Å². The van der Waals surface area contributed by atoms with E-state index in [1.807, 2.05) is 0 Å². The molecule has 1 heteroatoms. The van der Waals surface area contributed by atoms with Crippen LogP contribution in [0.15, 0.2) is 36.4 Å². The van der Waals surface area contributed by atoms with Crippen molar-refractivity contribution in [3.63, 3.8) is 0 Å². The van der Waals surface area contributed by atoms with Crippen LogP contribution in [-0.2, 0) is 24.3 Å². The van der Waals surface area contributed by atoms with Crippen LogP contribution in [-0.4, -0.2) is 4.61 Å². The fourth-order valence-electron chi connectivity index (χ4n) is 1.54. The van der Waals surface area contributed by atoms with E-state index in [0.717, 1.165) is 6.42 Å². The fourth-order valence-corrected chi connectivity index (χ4v) is 1.82. The summed E-state index contributed by atoms with van der Waals surface area (Å²) in [6, 6.07) is 8.52. The van der Waals surface area contributed by atoms with Gasteiger partial charge >= 0.3 is 88.1 Å². The van der Waals surface area contributed by atoms with Crippen molar-refractivity contribution in [2.24, 2.45) is 0 Å². The monoisotopic (exact) mass is 217 g/mol. The summed E-state index contributed by atoms with van der Waals surface area (Å²) in [4.78, 5) is 0. The van der Waals surface area contributed by atoms with Gasteiger partial charge < -0.3 is 0 Å². The van der Waals surface area contributed by atoms with Crippen LogP contribution in [0.1, 0.15) is 11.1 Å². The molecule has 60 valence electrons. The molecule has 0 radical (unpaired) electrons. The van der Waals surface area contributed by atoms with Crippen molar-refractivity contribution >= 4 is 10.2 Å². The zero-order valence-corrected chi connectivity index (χ0v) is 10.4. The molecule has 0 amide bonds. The maximum atomic E-state index is 3.38. The van der Waals surface area contributed by atoms with E-state index in [4.69, 9.17) is 0 Å². The standard InChI is InChI=1S/C12H9.Zn/c1-2-5-10-8-9-11-6-3-4-7-12(10)11;/h1-7H,9H2;/q-1;/b5-2-;. The Kier molecular flexibility index (Phi) is 2.66. The van der Waals surface area contributed by atoms with E-state index in [9.17, 15) is 0 Å². The summed E-state index contributed by atoms with van der Waals surface area (Å²) in [5.74, 6) is 0. The third-order valence-corrected chi connectivity index (χ3v) is 2.75. The van der Waals surface area contributed by atoms with Crippen LogP contribution >= 0.6 is 0 Å². The predicted molar refractivity (Wildman–Crippen MR) is 52.0 cm³/mol. The van der Waals surface area contributed by atoms with Gasteiger partial charge in [-0.05, 0) is 0 Å². The van der Waals surface area contributed by atoms with Gasteiger partial charge in [0.1, 0.15) is 0 Å². The molecule has 0 atom stereocenters. The van der Waals surface area contributed by atoms with Crippen LogP contribution in [0.3, 0.4) is 0 Å². The molecule has 0 saturated heterocycles. The number of benzene rings is 1. The third-order valence-electron chi connectivity index (χ3n) is 2.18. The number of allylic oxidation sites excluding steroid dienone is 4. The minimum absolute atomic E-state index is 0.968. The van der Waals surface area contributed by atoms with Crippen molar-refractivity contribution in [1.82, 2.24) is 0 Å². The van der Waals surface area contributed by atoms with E-state index in [2.05, 4.69) is 47.1 Å². The van der Waals surface area contributed by atoms with Crippen molar-refractivity contribution in [1.29, 1.82) is 0 Å². The molecule has 1 aromatic carbocycles. The fraction of sp³-hybridized carbons (Fsp3) is 0.0833. The summed E-state index contributed by atoms with van der Waals surface area (Å²) in [7, 11) is 0. The third kappa shape index (κ3) is 1.76. The van der Waals surface area contributed by atoms with E-state index < -0.39 is 0 Å². The van der Waals surface area contributed by atoms with Crippen LogP contribution in [0.2, 0.25) is 0 Å². The summed E-state index contributed by atoms with van der Waals surface area (Å²) in [6.45, 7) is 0. The quantitative estimate of drug-likeness (QED) is 0.528. The van der Waals surface area contributed by atoms with Gasteiger partial charge in [-0.3, -0.25) is 0 Å². The Hall–Kier alpha value is -0.807.